The molecule has 1 fully saturated rings. The summed E-state index contributed by atoms with van der Waals surface area (Å²) in [5, 5.41) is 6.84. The predicted octanol–water partition coefficient (Wildman–Crippen LogP) is 2.69. The van der Waals surface area contributed by atoms with Crippen LogP contribution in [0.2, 0.25) is 5.15 Å². The number of hydrogen-bond donors (Lipinski definition) is 1. The minimum atomic E-state index is 0.540. The van der Waals surface area contributed by atoms with E-state index in [2.05, 4.69) is 29.2 Å². The van der Waals surface area contributed by atoms with E-state index in [1.54, 1.807) is 11.3 Å². The molecule has 0 aliphatic carbocycles. The van der Waals surface area contributed by atoms with Gasteiger partial charge in [0.2, 0.25) is 0 Å². The fourth-order valence-corrected chi connectivity index (χ4v) is 2.83. The van der Waals surface area contributed by atoms with Gasteiger partial charge in [0.1, 0.15) is 5.15 Å². The van der Waals surface area contributed by atoms with Crippen LogP contribution >= 0.6 is 22.9 Å². The van der Waals surface area contributed by atoms with Crippen LogP contribution < -0.4 is 5.32 Å². The van der Waals surface area contributed by atoms with Crippen LogP contribution in [0.5, 0.6) is 0 Å². The van der Waals surface area contributed by atoms with Crippen molar-refractivity contribution in [3.05, 3.63) is 10.5 Å². The van der Waals surface area contributed by atoms with Gasteiger partial charge >= 0.3 is 0 Å². The van der Waals surface area contributed by atoms with E-state index in [1.165, 1.54) is 12.8 Å². The van der Waals surface area contributed by atoms with E-state index < -0.39 is 0 Å². The van der Waals surface area contributed by atoms with E-state index in [0.717, 1.165) is 11.7 Å². The van der Waals surface area contributed by atoms with Gasteiger partial charge in [-0.25, -0.2) is 4.98 Å². The first-order chi connectivity index (χ1) is 7.15. The van der Waals surface area contributed by atoms with Crippen LogP contribution in [0.15, 0.2) is 5.38 Å². The Labute approximate surface area is 99.5 Å². The first-order valence-electron chi connectivity index (χ1n) is 5.23. The number of nitrogens with zero attached hydrogens (tertiary/aromatic N) is 2. The molecule has 5 heteroatoms. The quantitative estimate of drug-likeness (QED) is 0.869. The fourth-order valence-electron chi connectivity index (χ4n) is 1.92. The highest BCUT2D eigenvalue weighted by atomic mass is 35.5. The average molecular weight is 246 g/mol. The molecule has 0 saturated carbocycles. The largest absolute Gasteiger partial charge is 0.359 e. The highest BCUT2D eigenvalue weighted by molar-refractivity contribution is 7.14. The summed E-state index contributed by atoms with van der Waals surface area (Å²) in [4.78, 5) is 6.60. The number of anilines is 1. The molecule has 2 rings (SSSR count). The highest BCUT2D eigenvalue weighted by Gasteiger charge is 2.22. The minimum Gasteiger partial charge on any atom is -0.359 e. The summed E-state index contributed by atoms with van der Waals surface area (Å²) in [6, 6.07) is 1.19. The first-order valence-corrected chi connectivity index (χ1v) is 6.48. The van der Waals surface area contributed by atoms with Crippen molar-refractivity contribution in [1.82, 2.24) is 9.88 Å². The molecule has 15 heavy (non-hydrogen) atoms. The molecule has 1 aliphatic heterocycles. The van der Waals surface area contributed by atoms with Crippen LogP contribution in [0.3, 0.4) is 0 Å². The Morgan fingerprint density at radius 1 is 1.67 bits per heavy atom. The van der Waals surface area contributed by atoms with E-state index in [0.29, 0.717) is 17.2 Å². The van der Waals surface area contributed by atoms with E-state index in [1.807, 2.05) is 5.38 Å². The van der Waals surface area contributed by atoms with Gasteiger partial charge in [0.15, 0.2) is 5.13 Å². The lowest BCUT2D eigenvalue weighted by Gasteiger charge is -2.35. The summed E-state index contributed by atoms with van der Waals surface area (Å²) in [6.07, 6.45) is 2.35. The lowest BCUT2D eigenvalue weighted by Crippen LogP contribution is -2.42. The van der Waals surface area contributed by atoms with Gasteiger partial charge in [0, 0.05) is 24.0 Å². The van der Waals surface area contributed by atoms with Crippen LogP contribution in [0.25, 0.3) is 0 Å². The number of thiazole rings is 1. The second-order valence-corrected chi connectivity index (χ2v) is 5.42. The monoisotopic (exact) mass is 245 g/mol. The predicted molar refractivity (Wildman–Crippen MR) is 65.9 cm³/mol. The van der Waals surface area contributed by atoms with Crippen molar-refractivity contribution in [3.8, 4) is 0 Å². The molecular weight excluding hydrogens is 230 g/mol. The second-order valence-electron chi connectivity index (χ2n) is 4.17. The molecule has 0 amide bonds. The Bertz CT molecular complexity index is 328. The summed E-state index contributed by atoms with van der Waals surface area (Å²) in [5.74, 6) is 0. The van der Waals surface area contributed by atoms with E-state index >= 15 is 0 Å². The van der Waals surface area contributed by atoms with Gasteiger partial charge in [-0.2, -0.15) is 0 Å². The maximum Gasteiger partial charge on any atom is 0.184 e. The molecule has 0 bridgehead atoms. The summed E-state index contributed by atoms with van der Waals surface area (Å²) in [5.41, 5.74) is 0. The molecule has 84 valence electrons. The molecule has 2 unspecified atom stereocenters. The van der Waals surface area contributed by atoms with Gasteiger partial charge in [0.05, 0.1) is 0 Å². The van der Waals surface area contributed by atoms with Crippen LogP contribution in [0.4, 0.5) is 5.13 Å². The molecule has 1 aromatic rings. The molecule has 1 aliphatic rings. The first kappa shape index (κ1) is 11.2. The molecule has 2 heterocycles. The van der Waals surface area contributed by atoms with Crippen LogP contribution in [-0.2, 0) is 0 Å². The number of rotatable bonds is 2. The summed E-state index contributed by atoms with van der Waals surface area (Å²) < 4.78 is 0. The number of hydrogen-bond acceptors (Lipinski definition) is 4. The SMILES string of the molecule is CC1CC(Nc2nc(Cl)cs2)CCN1C. The van der Waals surface area contributed by atoms with Crippen molar-refractivity contribution >= 4 is 28.1 Å². The normalized spacial score (nSPS) is 27.9. The zero-order chi connectivity index (χ0) is 10.8. The van der Waals surface area contributed by atoms with Gasteiger partial charge in [-0.1, -0.05) is 11.6 Å². The summed E-state index contributed by atoms with van der Waals surface area (Å²) >= 11 is 7.36. The highest BCUT2D eigenvalue weighted by Crippen LogP contribution is 2.23. The Kier molecular flexibility index (Phi) is 3.49. The number of nitrogens with one attached hydrogen (secondary N) is 1. The van der Waals surface area contributed by atoms with Crippen LogP contribution in [-0.4, -0.2) is 35.6 Å². The zero-order valence-electron chi connectivity index (χ0n) is 9.03. The second kappa shape index (κ2) is 4.68. The molecule has 1 aromatic heterocycles. The van der Waals surface area contributed by atoms with Gasteiger partial charge in [-0.05, 0) is 26.8 Å². The molecule has 0 radical (unpaired) electrons. The van der Waals surface area contributed by atoms with Crippen molar-refractivity contribution in [1.29, 1.82) is 0 Å². The van der Waals surface area contributed by atoms with Crippen LogP contribution in [0, 0.1) is 0 Å². The number of halogens is 1. The Balaban J connectivity index is 1.90. The molecule has 2 atom stereocenters. The van der Waals surface area contributed by atoms with E-state index in [-0.39, 0.29) is 0 Å². The average Bonchev–Trinajstić information content (AvgIpc) is 2.58. The summed E-state index contributed by atoms with van der Waals surface area (Å²) in [6.45, 7) is 3.42. The molecule has 3 nitrogen and oxygen atoms in total. The smallest absolute Gasteiger partial charge is 0.184 e. The third kappa shape index (κ3) is 2.83. The minimum absolute atomic E-state index is 0.540. The molecule has 0 spiro atoms. The van der Waals surface area contributed by atoms with Gasteiger partial charge < -0.3 is 10.2 Å². The number of aromatic nitrogens is 1. The molecule has 0 aromatic carbocycles. The lowest BCUT2D eigenvalue weighted by atomic mass is 9.99. The van der Waals surface area contributed by atoms with Gasteiger partial charge in [-0.15, -0.1) is 11.3 Å². The third-order valence-electron chi connectivity index (χ3n) is 3.01. The number of likely N-dealkylation sites (tertiary alicyclic amines) is 1. The topological polar surface area (TPSA) is 28.2 Å². The van der Waals surface area contributed by atoms with E-state index in [4.69, 9.17) is 11.6 Å². The standard InChI is InChI=1S/C10H16ClN3S/c1-7-5-8(3-4-14(7)2)12-10-13-9(11)6-15-10/h6-8H,3-5H2,1-2H3,(H,12,13). The fraction of sp³-hybridized carbons (Fsp3) is 0.700. The Morgan fingerprint density at radius 3 is 3.07 bits per heavy atom. The van der Waals surface area contributed by atoms with E-state index in [9.17, 15) is 0 Å². The molecule has 1 saturated heterocycles. The summed E-state index contributed by atoms with van der Waals surface area (Å²) in [7, 11) is 2.18. The lowest BCUT2D eigenvalue weighted by molar-refractivity contribution is 0.190. The maximum atomic E-state index is 5.78. The third-order valence-corrected chi connectivity index (χ3v) is 4.11. The van der Waals surface area contributed by atoms with Crippen molar-refractivity contribution in [2.75, 3.05) is 18.9 Å². The zero-order valence-corrected chi connectivity index (χ0v) is 10.6. The Morgan fingerprint density at radius 2 is 2.47 bits per heavy atom. The van der Waals surface area contributed by atoms with Crippen molar-refractivity contribution in [2.24, 2.45) is 0 Å². The van der Waals surface area contributed by atoms with Gasteiger partial charge in [0.25, 0.3) is 0 Å². The van der Waals surface area contributed by atoms with Crippen LogP contribution in [0.1, 0.15) is 19.8 Å². The van der Waals surface area contributed by atoms with Crippen molar-refractivity contribution in [2.45, 2.75) is 31.8 Å². The number of piperidine rings is 1. The maximum absolute atomic E-state index is 5.78. The van der Waals surface area contributed by atoms with Crippen molar-refractivity contribution < 1.29 is 0 Å². The van der Waals surface area contributed by atoms with Crippen molar-refractivity contribution in [3.63, 3.8) is 0 Å². The van der Waals surface area contributed by atoms with Gasteiger partial charge in [-0.3, -0.25) is 0 Å². The molecule has 1 N–H and O–H groups in total. The molecular formula is C10H16ClN3S. The Hall–Kier alpha value is -0.320.